The Kier molecular flexibility index (Phi) is 13.3. The van der Waals surface area contributed by atoms with E-state index >= 15 is 0 Å². The Labute approximate surface area is 151 Å². The number of nitrogens with two attached hydrogens (primary N) is 1. The molecule has 0 unspecified atom stereocenters. The lowest BCUT2D eigenvalue weighted by Crippen LogP contribution is -2.32. The fraction of sp³-hybridized carbons (Fsp3) is 0.588. The molecule has 3 N–H and O–H groups in total. The maximum atomic E-state index is 5.76. The minimum atomic E-state index is 0. The Balaban J connectivity index is 0.00000441. The van der Waals surface area contributed by atoms with Crippen LogP contribution in [0.5, 0.6) is 0 Å². The van der Waals surface area contributed by atoms with Gasteiger partial charge >= 0.3 is 0 Å². The van der Waals surface area contributed by atoms with Crippen LogP contribution in [0.1, 0.15) is 32.3 Å². The second-order valence-electron chi connectivity index (χ2n) is 5.60. The smallest absolute Gasteiger partial charge is 0.188 e. The molecule has 0 fully saturated rings. The molecule has 0 aliphatic rings. The maximum absolute atomic E-state index is 5.76. The van der Waals surface area contributed by atoms with Crippen LogP contribution < -0.4 is 11.1 Å². The van der Waals surface area contributed by atoms with E-state index in [1.165, 1.54) is 5.56 Å². The molecule has 0 atom stereocenters. The zero-order valence-electron chi connectivity index (χ0n) is 13.8. The number of nitrogens with one attached hydrogen (secondary N) is 1. The molecule has 0 aliphatic heterocycles. The third-order valence-corrected chi connectivity index (χ3v) is 3.03. The van der Waals surface area contributed by atoms with Crippen LogP contribution >= 0.6 is 24.0 Å². The van der Waals surface area contributed by atoms with Gasteiger partial charge in [-0.05, 0) is 30.7 Å². The number of aliphatic imine (C=N–C) groups is 1. The number of ether oxygens (including phenoxy) is 1. The number of halogens is 1. The van der Waals surface area contributed by atoms with E-state index in [1.807, 2.05) is 6.07 Å². The number of hydrogen-bond acceptors (Lipinski definition) is 2. The van der Waals surface area contributed by atoms with Crippen LogP contribution in [0, 0.1) is 5.92 Å². The maximum Gasteiger partial charge on any atom is 0.188 e. The van der Waals surface area contributed by atoms with Gasteiger partial charge in [0.1, 0.15) is 0 Å². The molecule has 1 aromatic rings. The fourth-order valence-electron chi connectivity index (χ4n) is 1.82. The average Bonchev–Trinajstić information content (AvgIpc) is 2.49. The summed E-state index contributed by atoms with van der Waals surface area (Å²) in [5.74, 6) is 1.09. The van der Waals surface area contributed by atoms with Gasteiger partial charge < -0.3 is 15.8 Å². The van der Waals surface area contributed by atoms with Gasteiger partial charge in [0.25, 0.3) is 0 Å². The van der Waals surface area contributed by atoms with Crippen LogP contribution in [0.4, 0.5) is 0 Å². The third-order valence-electron chi connectivity index (χ3n) is 3.03. The Morgan fingerprint density at radius 1 is 1.18 bits per heavy atom. The molecule has 0 bridgehead atoms. The SMILES string of the molecule is CC(C)CN=C(N)NCCCCOCCc1ccccc1.I. The van der Waals surface area contributed by atoms with Crippen LogP contribution in [0.15, 0.2) is 35.3 Å². The minimum absolute atomic E-state index is 0. The molecule has 0 aromatic heterocycles. The van der Waals surface area contributed by atoms with Crippen LogP contribution in [0.3, 0.4) is 0 Å². The van der Waals surface area contributed by atoms with Crippen LogP contribution in [0.2, 0.25) is 0 Å². The first-order valence-electron chi connectivity index (χ1n) is 7.84. The lowest BCUT2D eigenvalue weighted by Gasteiger charge is -2.07. The summed E-state index contributed by atoms with van der Waals surface area (Å²) in [7, 11) is 0. The van der Waals surface area contributed by atoms with Gasteiger partial charge in [-0.1, -0.05) is 44.2 Å². The van der Waals surface area contributed by atoms with Crippen molar-refractivity contribution in [2.45, 2.75) is 33.1 Å². The second-order valence-corrected chi connectivity index (χ2v) is 5.60. The van der Waals surface area contributed by atoms with Crippen LogP contribution in [0.25, 0.3) is 0 Å². The van der Waals surface area contributed by atoms with E-state index in [1.54, 1.807) is 0 Å². The van der Waals surface area contributed by atoms with E-state index in [9.17, 15) is 0 Å². The molecule has 0 heterocycles. The van der Waals surface area contributed by atoms with E-state index in [-0.39, 0.29) is 24.0 Å². The molecule has 0 saturated heterocycles. The molecular formula is C17H30IN3O. The highest BCUT2D eigenvalue weighted by Gasteiger charge is 1.95. The highest BCUT2D eigenvalue weighted by molar-refractivity contribution is 14.0. The predicted molar refractivity (Wildman–Crippen MR) is 105 cm³/mol. The van der Waals surface area contributed by atoms with E-state index < -0.39 is 0 Å². The molecule has 0 saturated carbocycles. The van der Waals surface area contributed by atoms with Gasteiger partial charge in [-0.25, -0.2) is 0 Å². The molecule has 5 heteroatoms. The second kappa shape index (κ2) is 13.8. The van der Waals surface area contributed by atoms with Crippen molar-refractivity contribution < 1.29 is 4.74 Å². The summed E-state index contributed by atoms with van der Waals surface area (Å²) < 4.78 is 5.63. The highest BCUT2D eigenvalue weighted by Crippen LogP contribution is 2.00. The lowest BCUT2D eigenvalue weighted by atomic mass is 10.2. The van der Waals surface area contributed by atoms with Crippen molar-refractivity contribution in [3.63, 3.8) is 0 Å². The number of nitrogens with zero attached hydrogens (tertiary/aromatic N) is 1. The van der Waals surface area contributed by atoms with Crippen molar-refractivity contribution in [3.8, 4) is 0 Å². The predicted octanol–water partition coefficient (Wildman–Crippen LogP) is 3.20. The molecule has 1 rings (SSSR count). The molecule has 4 nitrogen and oxygen atoms in total. The lowest BCUT2D eigenvalue weighted by molar-refractivity contribution is 0.133. The number of benzene rings is 1. The average molecular weight is 419 g/mol. The number of rotatable bonds is 10. The zero-order valence-corrected chi connectivity index (χ0v) is 16.1. The van der Waals surface area contributed by atoms with Gasteiger partial charge in [0, 0.05) is 19.7 Å². The first kappa shape index (κ1) is 21.2. The Morgan fingerprint density at radius 3 is 2.59 bits per heavy atom. The molecule has 0 amide bonds. The van der Waals surface area contributed by atoms with Gasteiger partial charge in [0.2, 0.25) is 0 Å². The summed E-state index contributed by atoms with van der Waals surface area (Å²) >= 11 is 0. The van der Waals surface area contributed by atoms with E-state index in [0.29, 0.717) is 11.9 Å². The topological polar surface area (TPSA) is 59.6 Å². The third kappa shape index (κ3) is 11.8. The van der Waals surface area contributed by atoms with Crippen molar-refractivity contribution in [3.05, 3.63) is 35.9 Å². The quantitative estimate of drug-likeness (QED) is 0.265. The summed E-state index contributed by atoms with van der Waals surface area (Å²) in [6.07, 6.45) is 3.07. The van der Waals surface area contributed by atoms with Gasteiger partial charge in [-0.2, -0.15) is 0 Å². The monoisotopic (exact) mass is 419 g/mol. The Hall–Kier alpha value is -0.820. The molecular weight excluding hydrogens is 389 g/mol. The molecule has 0 aliphatic carbocycles. The van der Waals surface area contributed by atoms with Gasteiger partial charge in [0.05, 0.1) is 6.61 Å². The number of hydrogen-bond donors (Lipinski definition) is 2. The number of guanidine groups is 1. The molecule has 1 aromatic carbocycles. The molecule has 0 spiro atoms. The van der Waals surface area contributed by atoms with Crippen molar-refractivity contribution in [1.29, 1.82) is 0 Å². The van der Waals surface area contributed by atoms with Gasteiger partial charge in [-0.15, -0.1) is 24.0 Å². The zero-order chi connectivity index (χ0) is 15.3. The van der Waals surface area contributed by atoms with Gasteiger partial charge in [-0.3, -0.25) is 4.99 Å². The van der Waals surface area contributed by atoms with E-state index in [0.717, 1.165) is 45.6 Å². The first-order valence-corrected chi connectivity index (χ1v) is 7.84. The van der Waals surface area contributed by atoms with Crippen LogP contribution in [-0.4, -0.2) is 32.3 Å². The minimum Gasteiger partial charge on any atom is -0.381 e. The summed E-state index contributed by atoms with van der Waals surface area (Å²) in [5.41, 5.74) is 7.08. The van der Waals surface area contributed by atoms with Gasteiger partial charge in [0.15, 0.2) is 5.96 Å². The van der Waals surface area contributed by atoms with Crippen molar-refractivity contribution in [2.24, 2.45) is 16.6 Å². The summed E-state index contributed by atoms with van der Waals surface area (Å²) in [5, 5.41) is 3.13. The molecule has 0 radical (unpaired) electrons. The standard InChI is InChI=1S/C17H29N3O.HI/c1-15(2)14-20-17(18)19-11-6-7-12-21-13-10-16-8-4-3-5-9-16;/h3-5,8-9,15H,6-7,10-14H2,1-2H3,(H3,18,19,20);1H. The number of unbranched alkanes of at least 4 members (excludes halogenated alkanes) is 1. The normalized spacial score (nSPS) is 11.3. The van der Waals surface area contributed by atoms with Crippen molar-refractivity contribution in [2.75, 3.05) is 26.3 Å². The van der Waals surface area contributed by atoms with Crippen LogP contribution in [-0.2, 0) is 11.2 Å². The van der Waals surface area contributed by atoms with Crippen molar-refractivity contribution in [1.82, 2.24) is 5.32 Å². The summed E-state index contributed by atoms with van der Waals surface area (Å²) in [6.45, 7) is 7.48. The molecule has 22 heavy (non-hydrogen) atoms. The Bertz CT molecular complexity index is 396. The highest BCUT2D eigenvalue weighted by atomic mass is 127. The summed E-state index contributed by atoms with van der Waals surface area (Å²) in [4.78, 5) is 4.26. The Morgan fingerprint density at radius 2 is 1.91 bits per heavy atom. The molecule has 126 valence electrons. The fourth-order valence-corrected chi connectivity index (χ4v) is 1.82. The van der Waals surface area contributed by atoms with E-state index in [2.05, 4.69) is 48.4 Å². The first-order chi connectivity index (χ1) is 10.2. The van der Waals surface area contributed by atoms with Crippen molar-refractivity contribution >= 4 is 29.9 Å². The van der Waals surface area contributed by atoms with E-state index in [4.69, 9.17) is 10.5 Å². The largest absolute Gasteiger partial charge is 0.381 e. The summed E-state index contributed by atoms with van der Waals surface area (Å²) in [6, 6.07) is 10.4.